The van der Waals surface area contributed by atoms with Crippen molar-refractivity contribution in [2.24, 2.45) is 0 Å². The highest BCUT2D eigenvalue weighted by Gasteiger charge is 2.13. The van der Waals surface area contributed by atoms with E-state index >= 15 is 0 Å². The van der Waals surface area contributed by atoms with Gasteiger partial charge in [-0.1, -0.05) is 45.2 Å². The molecule has 3 aromatic rings. The number of nitrogens with one attached hydrogen (secondary N) is 1. The minimum atomic E-state index is -0.498. The summed E-state index contributed by atoms with van der Waals surface area (Å²) in [6.45, 7) is 0.280. The van der Waals surface area contributed by atoms with Crippen LogP contribution in [0.25, 0.3) is 6.08 Å². The van der Waals surface area contributed by atoms with Crippen LogP contribution < -0.4 is 10.1 Å². The van der Waals surface area contributed by atoms with Gasteiger partial charge in [-0.3, -0.25) is 4.79 Å². The number of hydrogen-bond donors (Lipinski definition) is 1. The zero-order chi connectivity index (χ0) is 23.3. The number of benzene rings is 3. The molecule has 0 radical (unpaired) electrons. The summed E-state index contributed by atoms with van der Waals surface area (Å²) in [6, 6.07) is 17.8. The first-order valence-electron chi connectivity index (χ1n) is 9.01. The van der Waals surface area contributed by atoms with E-state index in [0.717, 1.165) is 10.0 Å². The molecule has 4 nitrogen and oxygen atoms in total. The van der Waals surface area contributed by atoms with Gasteiger partial charge in [-0.2, -0.15) is 5.26 Å². The van der Waals surface area contributed by atoms with Crippen LogP contribution in [0.1, 0.15) is 11.1 Å². The van der Waals surface area contributed by atoms with E-state index in [0.29, 0.717) is 36.0 Å². The number of nitriles is 1. The molecule has 0 spiro atoms. The van der Waals surface area contributed by atoms with Crippen LogP contribution in [0.2, 0.25) is 10.0 Å². The second kappa shape index (κ2) is 11.4. The molecule has 1 amide bonds. The average Bonchev–Trinajstić information content (AvgIpc) is 2.75. The summed E-state index contributed by atoms with van der Waals surface area (Å²) in [5.41, 5.74) is 2.07. The highest BCUT2D eigenvalue weighted by molar-refractivity contribution is 9.11. The molecule has 0 atom stereocenters. The van der Waals surface area contributed by atoms with Crippen molar-refractivity contribution in [3.63, 3.8) is 0 Å². The minimum absolute atomic E-state index is 0.0313. The zero-order valence-electron chi connectivity index (χ0n) is 16.1. The zero-order valence-corrected chi connectivity index (χ0v) is 22.4. The SMILES string of the molecule is N#C/C(=C/c1cc(Br)c(OCc2ccc(Cl)c(Cl)c2)c(Br)c1)C(=O)Nc1ccc(Br)cc1. The molecule has 0 saturated carbocycles. The molecule has 1 N–H and O–H groups in total. The number of halogens is 5. The lowest BCUT2D eigenvalue weighted by molar-refractivity contribution is -0.112. The van der Waals surface area contributed by atoms with Gasteiger partial charge >= 0.3 is 0 Å². The molecule has 0 aliphatic heterocycles. The molecular weight excluding hydrogens is 647 g/mol. The standard InChI is InChI=1S/C23H13Br3Cl2N2O2/c24-16-2-4-17(5-3-16)30-23(31)15(11-29)7-14-8-18(25)22(19(26)9-14)32-12-13-1-6-20(27)21(28)10-13/h1-10H,12H2,(H,30,31)/b15-7-. The monoisotopic (exact) mass is 656 g/mol. The molecule has 3 rings (SSSR count). The predicted molar refractivity (Wildman–Crippen MR) is 139 cm³/mol. The van der Waals surface area contributed by atoms with Gasteiger partial charge in [0, 0.05) is 10.2 Å². The van der Waals surface area contributed by atoms with Gasteiger partial charge in [0.15, 0.2) is 0 Å². The van der Waals surface area contributed by atoms with E-state index in [1.54, 1.807) is 48.5 Å². The Morgan fingerprint density at radius 3 is 2.25 bits per heavy atom. The van der Waals surface area contributed by atoms with Gasteiger partial charge in [-0.25, -0.2) is 0 Å². The molecule has 0 aliphatic carbocycles. The van der Waals surface area contributed by atoms with E-state index in [2.05, 4.69) is 53.1 Å². The second-order valence-electron chi connectivity index (χ2n) is 6.48. The first kappa shape index (κ1) is 24.8. The van der Waals surface area contributed by atoms with Crippen molar-refractivity contribution in [2.45, 2.75) is 6.61 Å². The summed E-state index contributed by atoms with van der Waals surface area (Å²) in [5, 5.41) is 13.1. The summed E-state index contributed by atoms with van der Waals surface area (Å²) in [6.07, 6.45) is 1.51. The smallest absolute Gasteiger partial charge is 0.266 e. The molecule has 32 heavy (non-hydrogen) atoms. The van der Waals surface area contributed by atoms with Crippen LogP contribution in [-0.2, 0) is 11.4 Å². The Hall–Kier alpha value is -1.82. The number of amides is 1. The van der Waals surface area contributed by atoms with Crippen molar-refractivity contribution in [1.29, 1.82) is 5.26 Å². The molecular formula is C23H13Br3Cl2N2O2. The van der Waals surface area contributed by atoms with E-state index in [1.165, 1.54) is 6.08 Å². The van der Waals surface area contributed by atoms with Gasteiger partial charge in [0.1, 0.15) is 24.0 Å². The van der Waals surface area contributed by atoms with Gasteiger partial charge in [-0.15, -0.1) is 0 Å². The summed E-state index contributed by atoms with van der Waals surface area (Å²) >= 11 is 22.3. The largest absolute Gasteiger partial charge is 0.487 e. The number of ether oxygens (including phenoxy) is 1. The maximum absolute atomic E-state index is 12.5. The number of carbonyl (C=O) groups is 1. The van der Waals surface area contributed by atoms with Crippen molar-refractivity contribution < 1.29 is 9.53 Å². The van der Waals surface area contributed by atoms with E-state index in [-0.39, 0.29) is 12.2 Å². The Labute approximate surface area is 220 Å². The fourth-order valence-corrected chi connectivity index (χ4v) is 4.67. The van der Waals surface area contributed by atoms with E-state index in [9.17, 15) is 10.1 Å². The fourth-order valence-electron chi connectivity index (χ4n) is 2.63. The Morgan fingerprint density at radius 1 is 1.00 bits per heavy atom. The molecule has 9 heteroatoms. The molecule has 0 unspecified atom stereocenters. The lowest BCUT2D eigenvalue weighted by Gasteiger charge is -2.12. The molecule has 0 aliphatic rings. The van der Waals surface area contributed by atoms with E-state index < -0.39 is 5.91 Å². The normalized spacial score (nSPS) is 11.1. The van der Waals surface area contributed by atoms with Crippen molar-refractivity contribution in [2.75, 3.05) is 5.32 Å². The van der Waals surface area contributed by atoms with Gasteiger partial charge in [-0.05, 0) is 97.6 Å². The minimum Gasteiger partial charge on any atom is -0.487 e. The van der Waals surface area contributed by atoms with E-state index in [1.807, 2.05) is 12.1 Å². The van der Waals surface area contributed by atoms with E-state index in [4.69, 9.17) is 27.9 Å². The molecule has 0 fully saturated rings. The maximum Gasteiger partial charge on any atom is 0.266 e. The predicted octanol–water partition coefficient (Wildman–Crippen LogP) is 8.41. The average molecular weight is 660 g/mol. The maximum atomic E-state index is 12.5. The van der Waals surface area contributed by atoms with Crippen molar-refractivity contribution in [3.05, 3.63) is 94.8 Å². The number of anilines is 1. The third-order valence-corrected chi connectivity index (χ3v) is 6.61. The number of carbonyl (C=O) groups excluding carboxylic acids is 1. The van der Waals surface area contributed by atoms with Gasteiger partial charge in [0.2, 0.25) is 0 Å². The Balaban J connectivity index is 1.76. The molecule has 0 heterocycles. The summed E-state index contributed by atoms with van der Waals surface area (Å²) < 4.78 is 8.11. The van der Waals surface area contributed by atoms with Crippen molar-refractivity contribution in [1.82, 2.24) is 0 Å². The number of nitrogens with zero attached hydrogens (tertiary/aromatic N) is 1. The summed E-state index contributed by atoms with van der Waals surface area (Å²) in [7, 11) is 0. The Bertz CT molecular complexity index is 1220. The van der Waals surface area contributed by atoms with Crippen LogP contribution in [-0.4, -0.2) is 5.91 Å². The third-order valence-electron chi connectivity index (χ3n) is 4.17. The molecule has 0 bridgehead atoms. The number of rotatable bonds is 6. The quantitative estimate of drug-likeness (QED) is 0.214. The summed E-state index contributed by atoms with van der Waals surface area (Å²) in [5.74, 6) is 0.0769. The highest BCUT2D eigenvalue weighted by Crippen LogP contribution is 2.36. The summed E-state index contributed by atoms with van der Waals surface area (Å²) in [4.78, 5) is 12.5. The van der Waals surface area contributed by atoms with Gasteiger partial charge in [0.25, 0.3) is 5.91 Å². The molecule has 0 saturated heterocycles. The van der Waals surface area contributed by atoms with Crippen LogP contribution in [0.3, 0.4) is 0 Å². The van der Waals surface area contributed by atoms with Gasteiger partial charge in [0.05, 0.1) is 19.0 Å². The highest BCUT2D eigenvalue weighted by atomic mass is 79.9. The van der Waals surface area contributed by atoms with Crippen LogP contribution in [0.4, 0.5) is 5.69 Å². The van der Waals surface area contributed by atoms with Crippen LogP contribution in [0.5, 0.6) is 5.75 Å². The topological polar surface area (TPSA) is 62.1 Å². The first-order valence-corrected chi connectivity index (χ1v) is 12.1. The number of hydrogen-bond acceptors (Lipinski definition) is 3. The third kappa shape index (κ3) is 6.60. The van der Waals surface area contributed by atoms with Crippen molar-refractivity contribution in [3.8, 4) is 11.8 Å². The van der Waals surface area contributed by atoms with Crippen molar-refractivity contribution >= 4 is 88.7 Å². The Morgan fingerprint density at radius 2 is 1.66 bits per heavy atom. The molecule has 162 valence electrons. The fraction of sp³-hybridized carbons (Fsp3) is 0.0435. The second-order valence-corrected chi connectivity index (χ2v) is 9.92. The lowest BCUT2D eigenvalue weighted by atomic mass is 10.1. The van der Waals surface area contributed by atoms with Gasteiger partial charge < -0.3 is 10.1 Å². The van der Waals surface area contributed by atoms with Crippen LogP contribution in [0.15, 0.2) is 73.6 Å². The Kier molecular flexibility index (Phi) is 8.80. The molecule has 3 aromatic carbocycles. The van der Waals surface area contributed by atoms with Crippen LogP contribution in [0, 0.1) is 11.3 Å². The molecule has 0 aromatic heterocycles. The lowest BCUT2D eigenvalue weighted by Crippen LogP contribution is -2.13. The van der Waals surface area contributed by atoms with Crippen LogP contribution >= 0.6 is 71.0 Å². The first-order chi connectivity index (χ1) is 15.3.